The largest absolute Gasteiger partial charge is 0.300 e. The van der Waals surface area contributed by atoms with Crippen molar-refractivity contribution < 1.29 is 4.79 Å². The SMILES string of the molecule is CC[C@H]1CC[C@H]2[C@@H]3CCC4CCCC(CC(C)=O)[C@]4(C)[C@H]3CC[C@]12C. The van der Waals surface area contributed by atoms with E-state index in [0.29, 0.717) is 22.5 Å². The first-order chi connectivity index (χ1) is 11.9. The van der Waals surface area contributed by atoms with Crippen molar-refractivity contribution in [2.45, 2.75) is 98.3 Å². The fourth-order valence-electron chi connectivity index (χ4n) is 8.93. The van der Waals surface area contributed by atoms with Crippen molar-refractivity contribution in [2.75, 3.05) is 0 Å². The molecule has 0 aromatic rings. The van der Waals surface area contributed by atoms with Gasteiger partial charge in [0.15, 0.2) is 0 Å². The summed E-state index contributed by atoms with van der Waals surface area (Å²) in [6.45, 7) is 9.54. The molecule has 0 radical (unpaired) electrons. The molecule has 0 heterocycles. The molecule has 1 heteroatoms. The van der Waals surface area contributed by atoms with Gasteiger partial charge in [-0.2, -0.15) is 0 Å². The molecule has 2 unspecified atom stereocenters. The summed E-state index contributed by atoms with van der Waals surface area (Å²) in [5.41, 5.74) is 1.09. The van der Waals surface area contributed by atoms with Gasteiger partial charge in [-0.05, 0) is 105 Å². The van der Waals surface area contributed by atoms with Gasteiger partial charge in [0, 0.05) is 6.42 Å². The van der Waals surface area contributed by atoms with Gasteiger partial charge in [0.05, 0.1) is 0 Å². The summed E-state index contributed by atoms with van der Waals surface area (Å²) >= 11 is 0. The van der Waals surface area contributed by atoms with E-state index < -0.39 is 0 Å². The molecule has 0 aliphatic heterocycles. The van der Waals surface area contributed by atoms with Gasteiger partial charge < -0.3 is 4.79 Å². The monoisotopic (exact) mass is 344 g/mol. The lowest BCUT2D eigenvalue weighted by atomic mass is 9.42. The first-order valence-corrected chi connectivity index (χ1v) is 11.4. The van der Waals surface area contributed by atoms with E-state index in [-0.39, 0.29) is 0 Å². The van der Waals surface area contributed by atoms with Crippen molar-refractivity contribution in [2.24, 2.45) is 46.3 Å². The standard InChI is InChI=1S/C24H40O/c1-5-17-10-12-21-20-11-9-18-7-6-8-19(15-16(2)25)24(18,4)22(20)13-14-23(17,21)3/h17-22H,5-15H2,1-4H3/t17-,18?,19?,20-,21-,22-,23+,24+/m0/s1. The second-order valence-corrected chi connectivity index (χ2v) is 10.8. The zero-order valence-corrected chi connectivity index (χ0v) is 17.2. The van der Waals surface area contributed by atoms with Crippen molar-refractivity contribution in [3.05, 3.63) is 0 Å². The van der Waals surface area contributed by atoms with Crippen molar-refractivity contribution in [3.63, 3.8) is 0 Å². The molecule has 0 bridgehead atoms. The highest BCUT2D eigenvalue weighted by atomic mass is 16.1. The van der Waals surface area contributed by atoms with Gasteiger partial charge in [-0.15, -0.1) is 0 Å². The molecular weight excluding hydrogens is 304 g/mol. The highest BCUT2D eigenvalue weighted by Crippen LogP contribution is 2.69. The predicted octanol–water partition coefficient (Wildman–Crippen LogP) is 6.65. The van der Waals surface area contributed by atoms with Crippen molar-refractivity contribution in [1.82, 2.24) is 0 Å². The zero-order valence-electron chi connectivity index (χ0n) is 17.2. The molecule has 8 atom stereocenters. The van der Waals surface area contributed by atoms with Crippen molar-refractivity contribution in [1.29, 1.82) is 0 Å². The highest BCUT2D eigenvalue weighted by molar-refractivity contribution is 5.75. The van der Waals surface area contributed by atoms with E-state index in [4.69, 9.17) is 0 Å². The topological polar surface area (TPSA) is 17.1 Å². The maximum atomic E-state index is 12.0. The van der Waals surface area contributed by atoms with E-state index in [2.05, 4.69) is 20.8 Å². The Morgan fingerprint density at radius 2 is 1.72 bits per heavy atom. The normalized spacial score (nSPS) is 52.2. The van der Waals surface area contributed by atoms with E-state index in [1.807, 2.05) is 6.92 Å². The van der Waals surface area contributed by atoms with Gasteiger partial charge in [0.2, 0.25) is 0 Å². The maximum absolute atomic E-state index is 12.0. The fraction of sp³-hybridized carbons (Fsp3) is 0.958. The van der Waals surface area contributed by atoms with Crippen LogP contribution < -0.4 is 0 Å². The third-order valence-electron chi connectivity index (χ3n) is 10.2. The van der Waals surface area contributed by atoms with Crippen LogP contribution in [0.5, 0.6) is 0 Å². The van der Waals surface area contributed by atoms with Gasteiger partial charge in [-0.3, -0.25) is 0 Å². The van der Waals surface area contributed by atoms with Crippen molar-refractivity contribution >= 4 is 5.78 Å². The minimum Gasteiger partial charge on any atom is -0.300 e. The van der Waals surface area contributed by atoms with Crippen LogP contribution in [0.1, 0.15) is 98.3 Å². The van der Waals surface area contributed by atoms with Crippen LogP contribution in [0.2, 0.25) is 0 Å². The van der Waals surface area contributed by atoms with Crippen LogP contribution in [0.25, 0.3) is 0 Å². The van der Waals surface area contributed by atoms with Gasteiger partial charge in [0.25, 0.3) is 0 Å². The summed E-state index contributed by atoms with van der Waals surface area (Å²) in [6.07, 6.45) is 15.2. The summed E-state index contributed by atoms with van der Waals surface area (Å²) < 4.78 is 0. The summed E-state index contributed by atoms with van der Waals surface area (Å²) in [6, 6.07) is 0. The highest BCUT2D eigenvalue weighted by Gasteiger charge is 2.61. The van der Waals surface area contributed by atoms with Gasteiger partial charge in [0.1, 0.15) is 5.78 Å². The Kier molecular flexibility index (Phi) is 4.61. The van der Waals surface area contributed by atoms with Gasteiger partial charge in [-0.25, -0.2) is 0 Å². The van der Waals surface area contributed by atoms with Crippen LogP contribution in [0.4, 0.5) is 0 Å². The summed E-state index contributed by atoms with van der Waals surface area (Å²) in [5.74, 6) is 5.83. The number of rotatable bonds is 3. The Hall–Kier alpha value is -0.330. The Morgan fingerprint density at radius 1 is 0.920 bits per heavy atom. The maximum Gasteiger partial charge on any atom is 0.130 e. The molecule has 4 aliphatic carbocycles. The zero-order chi connectivity index (χ0) is 17.8. The molecule has 1 nitrogen and oxygen atoms in total. The average molecular weight is 345 g/mol. The van der Waals surface area contributed by atoms with Crippen LogP contribution in [-0.2, 0) is 4.79 Å². The second kappa shape index (κ2) is 6.38. The van der Waals surface area contributed by atoms with Crippen LogP contribution in [-0.4, -0.2) is 5.78 Å². The first-order valence-electron chi connectivity index (χ1n) is 11.4. The lowest BCUT2D eigenvalue weighted by Gasteiger charge is -2.63. The molecule has 0 aromatic heterocycles. The number of hydrogen-bond donors (Lipinski definition) is 0. The summed E-state index contributed by atoms with van der Waals surface area (Å²) in [7, 11) is 0. The van der Waals surface area contributed by atoms with Gasteiger partial charge >= 0.3 is 0 Å². The number of hydrogen-bond acceptors (Lipinski definition) is 1. The van der Waals surface area contributed by atoms with Crippen LogP contribution in [0, 0.1) is 46.3 Å². The Labute approximate surface area is 155 Å². The molecule has 25 heavy (non-hydrogen) atoms. The molecule has 4 rings (SSSR count). The lowest BCUT2D eigenvalue weighted by molar-refractivity contribution is -0.145. The van der Waals surface area contributed by atoms with Gasteiger partial charge in [-0.1, -0.05) is 33.6 Å². The molecule has 4 saturated carbocycles. The average Bonchev–Trinajstić information content (AvgIpc) is 2.91. The van der Waals surface area contributed by atoms with Crippen LogP contribution in [0.15, 0.2) is 0 Å². The van der Waals surface area contributed by atoms with Crippen LogP contribution >= 0.6 is 0 Å². The number of Topliss-reactive ketones (excluding diaryl/α,β-unsaturated/α-hetero) is 1. The molecule has 0 amide bonds. The number of fused-ring (bicyclic) bond motifs is 5. The molecule has 4 aliphatic rings. The van der Waals surface area contributed by atoms with E-state index in [9.17, 15) is 4.79 Å². The summed E-state index contributed by atoms with van der Waals surface area (Å²) in [5, 5.41) is 0. The molecular formula is C24H40O. The molecule has 0 spiro atoms. The second-order valence-electron chi connectivity index (χ2n) is 10.8. The molecule has 4 fully saturated rings. The quantitative estimate of drug-likeness (QED) is 0.560. The predicted molar refractivity (Wildman–Crippen MR) is 104 cm³/mol. The Balaban J connectivity index is 1.64. The number of carbonyl (C=O) groups excluding carboxylic acids is 1. The van der Waals surface area contributed by atoms with Crippen LogP contribution in [0.3, 0.4) is 0 Å². The molecule has 0 saturated heterocycles. The minimum atomic E-state index is 0.432. The third-order valence-corrected chi connectivity index (χ3v) is 10.2. The minimum absolute atomic E-state index is 0.432. The van der Waals surface area contributed by atoms with E-state index >= 15 is 0 Å². The first kappa shape index (κ1) is 18.1. The van der Waals surface area contributed by atoms with E-state index in [1.54, 1.807) is 0 Å². The molecule has 142 valence electrons. The number of ketones is 1. The van der Waals surface area contributed by atoms with E-state index in [0.717, 1.165) is 36.0 Å². The smallest absolute Gasteiger partial charge is 0.130 e. The Bertz CT molecular complexity index is 524. The number of carbonyl (C=O) groups is 1. The fourth-order valence-corrected chi connectivity index (χ4v) is 8.93. The summed E-state index contributed by atoms with van der Waals surface area (Å²) in [4.78, 5) is 12.0. The lowest BCUT2D eigenvalue weighted by Crippen LogP contribution is -2.55. The van der Waals surface area contributed by atoms with Crippen molar-refractivity contribution in [3.8, 4) is 0 Å². The van der Waals surface area contributed by atoms with E-state index in [1.165, 1.54) is 64.2 Å². The third kappa shape index (κ3) is 2.58. The molecule has 0 N–H and O–H groups in total. The Morgan fingerprint density at radius 3 is 2.44 bits per heavy atom. The molecule has 0 aromatic carbocycles.